The topological polar surface area (TPSA) is 43.9 Å². The maximum Gasteiger partial charge on any atom is 0.223 e. The van der Waals surface area contributed by atoms with Crippen molar-refractivity contribution in [2.45, 2.75) is 70.8 Å². The van der Waals surface area contributed by atoms with E-state index in [0.29, 0.717) is 45.6 Å². The zero-order valence-electron chi connectivity index (χ0n) is 21.6. The molecule has 0 aliphatic carbocycles. The largest absolute Gasteiger partial charge is 0.339 e. The van der Waals surface area contributed by atoms with Gasteiger partial charge in [-0.2, -0.15) is 0 Å². The number of hydrogen-bond donors (Lipinski definition) is 0. The van der Waals surface area contributed by atoms with E-state index >= 15 is 0 Å². The van der Waals surface area contributed by atoms with Gasteiger partial charge in [0.2, 0.25) is 11.8 Å². The number of benzene rings is 1. The number of nitrogens with zero attached hydrogens (tertiary/aromatic N) is 3. The second-order valence-corrected chi connectivity index (χ2v) is 11.1. The Kier molecular flexibility index (Phi) is 9.93. The van der Waals surface area contributed by atoms with Gasteiger partial charge in [-0.3, -0.25) is 14.5 Å². The highest BCUT2D eigenvalue weighted by molar-refractivity contribution is 7.10. The van der Waals surface area contributed by atoms with E-state index in [4.69, 9.17) is 0 Å². The van der Waals surface area contributed by atoms with Gasteiger partial charge in [0.1, 0.15) is 5.82 Å². The fourth-order valence-electron chi connectivity index (χ4n) is 5.49. The summed E-state index contributed by atoms with van der Waals surface area (Å²) in [4.78, 5) is 33.1. The number of thiophene rings is 1. The predicted octanol–water partition coefficient (Wildman–Crippen LogP) is 5.65. The summed E-state index contributed by atoms with van der Waals surface area (Å²) >= 11 is 1.76. The minimum Gasteiger partial charge on any atom is -0.339 e. The monoisotopic (exact) mass is 513 g/mol. The first-order chi connectivity index (χ1) is 17.6. The van der Waals surface area contributed by atoms with E-state index in [1.165, 1.54) is 42.2 Å². The molecule has 0 spiro atoms. The first kappa shape index (κ1) is 26.8. The van der Waals surface area contributed by atoms with Crippen LogP contribution in [0.3, 0.4) is 0 Å². The number of hydrogen-bond acceptors (Lipinski definition) is 4. The lowest BCUT2D eigenvalue weighted by Crippen LogP contribution is -2.51. The number of halogens is 1. The molecule has 2 aromatic rings. The number of carbonyl (C=O) groups is 2. The first-order valence-electron chi connectivity index (χ1n) is 13.7. The van der Waals surface area contributed by atoms with Crippen molar-refractivity contribution in [3.05, 3.63) is 57.5 Å². The molecule has 1 fully saturated rings. The molecule has 196 valence electrons. The maximum absolute atomic E-state index is 14.0. The van der Waals surface area contributed by atoms with Crippen LogP contribution < -0.4 is 0 Å². The number of unbranched alkanes of at least 4 members (excludes halogenated alkanes) is 5. The van der Waals surface area contributed by atoms with Crippen molar-refractivity contribution in [3.63, 3.8) is 0 Å². The molecule has 0 saturated carbocycles. The quantitative estimate of drug-likeness (QED) is 0.365. The summed E-state index contributed by atoms with van der Waals surface area (Å²) in [5.74, 6) is 0.150. The van der Waals surface area contributed by atoms with Gasteiger partial charge in [-0.15, -0.1) is 11.3 Å². The molecule has 0 unspecified atom stereocenters. The molecule has 7 heteroatoms. The van der Waals surface area contributed by atoms with Gasteiger partial charge in [-0.05, 0) is 47.5 Å². The molecule has 0 radical (unpaired) electrons. The molecular weight excluding hydrogens is 473 g/mol. The van der Waals surface area contributed by atoms with Crippen molar-refractivity contribution in [2.75, 3.05) is 39.3 Å². The lowest BCUT2D eigenvalue weighted by molar-refractivity contribution is -0.139. The molecule has 2 aliphatic rings. The minimum atomic E-state index is -0.227. The summed E-state index contributed by atoms with van der Waals surface area (Å²) in [5.41, 5.74) is 2.18. The fraction of sp³-hybridized carbons (Fsp3) is 0.586. The second kappa shape index (κ2) is 13.3. The highest BCUT2D eigenvalue weighted by atomic mass is 32.1. The van der Waals surface area contributed by atoms with Crippen molar-refractivity contribution < 1.29 is 14.0 Å². The fourth-order valence-corrected chi connectivity index (χ4v) is 6.40. The summed E-state index contributed by atoms with van der Waals surface area (Å²) < 4.78 is 14.0. The van der Waals surface area contributed by atoms with E-state index in [1.54, 1.807) is 23.5 Å². The predicted molar refractivity (Wildman–Crippen MR) is 144 cm³/mol. The first-order valence-corrected chi connectivity index (χ1v) is 14.6. The van der Waals surface area contributed by atoms with Gasteiger partial charge in [0.25, 0.3) is 0 Å². The number of fused-ring (bicyclic) bond motifs is 1. The normalized spacial score (nSPS) is 18.3. The Bertz CT molecular complexity index is 1000. The Morgan fingerprint density at radius 3 is 2.33 bits per heavy atom. The molecule has 4 rings (SSSR count). The van der Waals surface area contributed by atoms with Gasteiger partial charge < -0.3 is 9.80 Å². The summed E-state index contributed by atoms with van der Waals surface area (Å²) in [6.45, 7) is 6.22. The summed E-state index contributed by atoms with van der Waals surface area (Å²) in [6.07, 6.45) is 9.13. The molecule has 0 bridgehead atoms. The zero-order chi connectivity index (χ0) is 25.3. The molecule has 0 N–H and O–H groups in total. The molecule has 1 aromatic carbocycles. The van der Waals surface area contributed by atoms with E-state index in [2.05, 4.69) is 23.3 Å². The molecule has 1 saturated heterocycles. The van der Waals surface area contributed by atoms with E-state index in [-0.39, 0.29) is 23.7 Å². The van der Waals surface area contributed by atoms with Crippen LogP contribution in [0.25, 0.3) is 0 Å². The highest BCUT2D eigenvalue weighted by Gasteiger charge is 2.31. The Morgan fingerprint density at radius 2 is 1.61 bits per heavy atom. The van der Waals surface area contributed by atoms with Crippen LogP contribution in [0.2, 0.25) is 0 Å². The van der Waals surface area contributed by atoms with Gasteiger partial charge in [0.15, 0.2) is 0 Å². The third kappa shape index (κ3) is 6.94. The number of amides is 2. The Morgan fingerprint density at radius 1 is 0.917 bits per heavy atom. The number of piperazine rings is 1. The van der Waals surface area contributed by atoms with Crippen LogP contribution in [0.5, 0.6) is 0 Å². The van der Waals surface area contributed by atoms with Crippen LogP contribution in [0.4, 0.5) is 4.39 Å². The molecule has 3 heterocycles. The molecule has 2 amide bonds. The van der Waals surface area contributed by atoms with E-state index in [1.807, 2.05) is 15.9 Å². The van der Waals surface area contributed by atoms with Crippen LogP contribution in [0.1, 0.15) is 80.3 Å². The average molecular weight is 514 g/mol. The van der Waals surface area contributed by atoms with Gasteiger partial charge in [-0.25, -0.2) is 4.39 Å². The van der Waals surface area contributed by atoms with E-state index < -0.39 is 0 Å². The Hall–Kier alpha value is -2.25. The van der Waals surface area contributed by atoms with Crippen molar-refractivity contribution in [3.8, 4) is 0 Å². The Balaban J connectivity index is 1.24. The average Bonchev–Trinajstić information content (AvgIpc) is 3.38. The molecule has 2 aliphatic heterocycles. The highest BCUT2D eigenvalue weighted by Crippen LogP contribution is 2.38. The number of rotatable bonds is 11. The summed E-state index contributed by atoms with van der Waals surface area (Å²) in [5, 5.41) is 2.11. The second-order valence-electron chi connectivity index (χ2n) is 10.1. The van der Waals surface area contributed by atoms with Crippen molar-refractivity contribution in [1.82, 2.24) is 14.7 Å². The van der Waals surface area contributed by atoms with Crippen molar-refractivity contribution in [1.29, 1.82) is 0 Å². The molecule has 36 heavy (non-hydrogen) atoms. The lowest BCUT2D eigenvalue weighted by Gasteiger charge is -2.38. The standard InChI is InChI=1S/C29H40FN3O2S/c1-2-3-4-5-6-7-11-27(34)31-17-19-32(20-18-31)28(35)13-16-33-15-12-26-25(14-21-36-26)29(33)23-9-8-10-24(30)22-23/h8-10,14,21-22,29H,2-7,11-13,15-20H2,1H3/t29-/m1/s1. The van der Waals surface area contributed by atoms with E-state index in [0.717, 1.165) is 31.4 Å². The van der Waals surface area contributed by atoms with Crippen LogP contribution in [0.15, 0.2) is 35.7 Å². The summed E-state index contributed by atoms with van der Waals surface area (Å²) in [7, 11) is 0. The van der Waals surface area contributed by atoms with Crippen molar-refractivity contribution >= 4 is 23.2 Å². The van der Waals surface area contributed by atoms with Gasteiger partial charge in [0.05, 0.1) is 6.04 Å². The third-order valence-corrected chi connectivity index (χ3v) is 8.57. The molecule has 1 aromatic heterocycles. The number of carbonyl (C=O) groups excluding carboxylic acids is 2. The smallest absolute Gasteiger partial charge is 0.223 e. The molecule has 1 atom stereocenters. The van der Waals surface area contributed by atoms with Gasteiger partial charge in [0, 0.05) is 57.0 Å². The van der Waals surface area contributed by atoms with Crippen LogP contribution in [-0.4, -0.2) is 65.8 Å². The zero-order valence-corrected chi connectivity index (χ0v) is 22.4. The molecule has 5 nitrogen and oxygen atoms in total. The van der Waals surface area contributed by atoms with Crippen LogP contribution in [-0.2, 0) is 16.0 Å². The minimum absolute atomic E-state index is 0.0139. The van der Waals surface area contributed by atoms with Crippen molar-refractivity contribution in [2.24, 2.45) is 0 Å². The van der Waals surface area contributed by atoms with Crippen LogP contribution in [0, 0.1) is 5.82 Å². The van der Waals surface area contributed by atoms with Gasteiger partial charge >= 0.3 is 0 Å². The van der Waals surface area contributed by atoms with Gasteiger partial charge in [-0.1, -0.05) is 51.2 Å². The molecular formula is C29H40FN3O2S. The third-order valence-electron chi connectivity index (χ3n) is 7.57. The Labute approximate surface area is 219 Å². The lowest BCUT2D eigenvalue weighted by atomic mass is 9.93. The maximum atomic E-state index is 14.0. The summed E-state index contributed by atoms with van der Waals surface area (Å²) in [6, 6.07) is 8.98. The SMILES string of the molecule is CCCCCCCCC(=O)N1CCN(C(=O)CCN2CCc3sccc3[C@H]2c2cccc(F)c2)CC1. The van der Waals surface area contributed by atoms with Crippen LogP contribution >= 0.6 is 11.3 Å². The van der Waals surface area contributed by atoms with E-state index in [9.17, 15) is 14.0 Å².